The van der Waals surface area contributed by atoms with Crippen molar-refractivity contribution < 1.29 is 5.11 Å². The number of imidazole rings is 1. The zero-order valence-corrected chi connectivity index (χ0v) is 11.6. The molecule has 0 atom stereocenters. The van der Waals surface area contributed by atoms with Crippen LogP contribution in [0.1, 0.15) is 16.7 Å². The summed E-state index contributed by atoms with van der Waals surface area (Å²) in [5, 5.41) is 9.41. The van der Waals surface area contributed by atoms with Crippen LogP contribution in [0.5, 0.6) is 0 Å². The van der Waals surface area contributed by atoms with Gasteiger partial charge in [0.2, 0.25) is 0 Å². The fourth-order valence-corrected chi connectivity index (χ4v) is 2.46. The number of rotatable bonds is 2. The Hall–Kier alpha value is -2.33. The number of pyridine rings is 1. The minimum absolute atomic E-state index is 0.0486. The zero-order valence-electron chi connectivity index (χ0n) is 11.6. The Kier molecular flexibility index (Phi) is 2.95. The molecule has 20 heavy (non-hydrogen) atoms. The molecule has 0 radical (unpaired) electrons. The summed E-state index contributed by atoms with van der Waals surface area (Å²) in [6.07, 6.45) is 1.87. The van der Waals surface area contributed by atoms with E-state index in [9.17, 15) is 5.11 Å². The summed E-state index contributed by atoms with van der Waals surface area (Å²) in [4.78, 5) is 4.63. The van der Waals surface area contributed by atoms with E-state index in [1.165, 1.54) is 5.56 Å². The van der Waals surface area contributed by atoms with E-state index in [2.05, 4.69) is 23.2 Å². The van der Waals surface area contributed by atoms with Crippen LogP contribution in [0.4, 0.5) is 5.82 Å². The van der Waals surface area contributed by atoms with Gasteiger partial charge in [0, 0.05) is 17.3 Å². The second-order valence-corrected chi connectivity index (χ2v) is 5.05. The van der Waals surface area contributed by atoms with Gasteiger partial charge in [-0.2, -0.15) is 0 Å². The lowest BCUT2D eigenvalue weighted by Crippen LogP contribution is -1.96. The lowest BCUT2D eigenvalue weighted by atomic mass is 10.0. The molecule has 3 N–H and O–H groups in total. The standard InChI is InChI=1S/C16H17N3O/c1-10-5-6-11(2)13(8-10)14-15(17)19-7-3-4-12(9-20)16(19)18-14/h3-8,20H,9,17H2,1-2H3. The van der Waals surface area contributed by atoms with Crippen molar-refractivity contribution in [3.63, 3.8) is 0 Å². The van der Waals surface area contributed by atoms with Crippen LogP contribution in [0.15, 0.2) is 36.5 Å². The van der Waals surface area contributed by atoms with E-state index < -0.39 is 0 Å². The molecule has 0 fully saturated rings. The number of hydrogen-bond donors (Lipinski definition) is 2. The van der Waals surface area contributed by atoms with Crippen molar-refractivity contribution in [2.24, 2.45) is 0 Å². The lowest BCUT2D eigenvalue weighted by Gasteiger charge is -2.05. The molecule has 0 saturated heterocycles. The molecule has 4 nitrogen and oxygen atoms in total. The van der Waals surface area contributed by atoms with E-state index in [0.717, 1.165) is 22.4 Å². The van der Waals surface area contributed by atoms with Crippen LogP contribution >= 0.6 is 0 Å². The van der Waals surface area contributed by atoms with E-state index in [1.807, 2.05) is 36.6 Å². The Morgan fingerprint density at radius 2 is 2.05 bits per heavy atom. The molecule has 0 aliphatic rings. The first-order valence-electron chi connectivity index (χ1n) is 6.55. The van der Waals surface area contributed by atoms with E-state index >= 15 is 0 Å². The number of hydrogen-bond acceptors (Lipinski definition) is 3. The summed E-state index contributed by atoms with van der Waals surface area (Å²) >= 11 is 0. The van der Waals surface area contributed by atoms with Gasteiger partial charge in [-0.25, -0.2) is 4.98 Å². The largest absolute Gasteiger partial charge is 0.392 e. The highest BCUT2D eigenvalue weighted by Crippen LogP contribution is 2.30. The Bertz CT molecular complexity index is 790. The third-order valence-corrected chi connectivity index (χ3v) is 3.59. The predicted octanol–water partition coefficient (Wildman–Crippen LogP) is 2.69. The summed E-state index contributed by atoms with van der Waals surface area (Å²) in [6.45, 7) is 4.05. The van der Waals surface area contributed by atoms with Crippen molar-refractivity contribution in [3.05, 3.63) is 53.2 Å². The third-order valence-electron chi connectivity index (χ3n) is 3.59. The van der Waals surface area contributed by atoms with Crippen LogP contribution in [0.25, 0.3) is 16.9 Å². The summed E-state index contributed by atoms with van der Waals surface area (Å²) in [6, 6.07) is 9.95. The minimum atomic E-state index is -0.0486. The predicted molar refractivity (Wildman–Crippen MR) is 80.4 cm³/mol. The maximum atomic E-state index is 9.41. The van der Waals surface area contributed by atoms with Gasteiger partial charge in [-0.05, 0) is 31.5 Å². The number of aliphatic hydroxyl groups excluding tert-OH is 1. The van der Waals surface area contributed by atoms with Crippen molar-refractivity contribution in [1.29, 1.82) is 0 Å². The monoisotopic (exact) mass is 267 g/mol. The molecule has 3 rings (SSSR count). The molecule has 0 amide bonds. The molecule has 0 unspecified atom stereocenters. The second-order valence-electron chi connectivity index (χ2n) is 5.05. The number of aryl methyl sites for hydroxylation is 2. The zero-order chi connectivity index (χ0) is 14.3. The smallest absolute Gasteiger partial charge is 0.144 e. The molecule has 4 heteroatoms. The molecule has 0 bridgehead atoms. The maximum Gasteiger partial charge on any atom is 0.144 e. The molecule has 0 saturated carbocycles. The average molecular weight is 267 g/mol. The molecule has 3 aromatic rings. The summed E-state index contributed by atoms with van der Waals surface area (Å²) < 4.78 is 1.82. The molecule has 2 heterocycles. The SMILES string of the molecule is Cc1ccc(C)c(-c2nc3c(CO)cccn3c2N)c1. The van der Waals surface area contributed by atoms with Gasteiger partial charge in [0.1, 0.15) is 17.2 Å². The van der Waals surface area contributed by atoms with Crippen molar-refractivity contribution in [1.82, 2.24) is 9.38 Å². The number of aromatic nitrogens is 2. The van der Waals surface area contributed by atoms with Crippen molar-refractivity contribution in [3.8, 4) is 11.3 Å². The van der Waals surface area contributed by atoms with E-state index in [0.29, 0.717) is 11.5 Å². The van der Waals surface area contributed by atoms with Gasteiger partial charge in [0.15, 0.2) is 0 Å². The quantitative estimate of drug-likeness (QED) is 0.750. The lowest BCUT2D eigenvalue weighted by molar-refractivity contribution is 0.282. The Morgan fingerprint density at radius 3 is 2.80 bits per heavy atom. The molecule has 0 aliphatic carbocycles. The van der Waals surface area contributed by atoms with Gasteiger partial charge in [0.05, 0.1) is 6.61 Å². The van der Waals surface area contributed by atoms with Crippen LogP contribution in [-0.4, -0.2) is 14.5 Å². The fourth-order valence-electron chi connectivity index (χ4n) is 2.46. The minimum Gasteiger partial charge on any atom is -0.392 e. The Morgan fingerprint density at radius 1 is 1.25 bits per heavy atom. The van der Waals surface area contributed by atoms with Crippen LogP contribution in [0.2, 0.25) is 0 Å². The number of aliphatic hydroxyl groups is 1. The Labute approximate surface area is 117 Å². The van der Waals surface area contributed by atoms with Gasteiger partial charge in [0.25, 0.3) is 0 Å². The first kappa shape index (κ1) is 12.7. The first-order valence-corrected chi connectivity index (χ1v) is 6.55. The van der Waals surface area contributed by atoms with Gasteiger partial charge in [-0.1, -0.05) is 23.8 Å². The molecule has 2 aromatic heterocycles. The summed E-state index contributed by atoms with van der Waals surface area (Å²) in [7, 11) is 0. The summed E-state index contributed by atoms with van der Waals surface area (Å²) in [5.41, 5.74) is 11.8. The highest BCUT2D eigenvalue weighted by molar-refractivity contribution is 5.78. The fraction of sp³-hybridized carbons (Fsp3) is 0.188. The molecule has 0 aliphatic heterocycles. The van der Waals surface area contributed by atoms with Crippen molar-refractivity contribution >= 4 is 11.5 Å². The molecule has 102 valence electrons. The van der Waals surface area contributed by atoms with Crippen LogP contribution < -0.4 is 5.73 Å². The van der Waals surface area contributed by atoms with Gasteiger partial charge < -0.3 is 10.8 Å². The van der Waals surface area contributed by atoms with Crippen molar-refractivity contribution in [2.75, 3.05) is 5.73 Å². The normalized spacial score (nSPS) is 11.2. The topological polar surface area (TPSA) is 63.5 Å². The van der Waals surface area contributed by atoms with Crippen LogP contribution in [0, 0.1) is 13.8 Å². The number of anilines is 1. The summed E-state index contributed by atoms with van der Waals surface area (Å²) in [5.74, 6) is 0.601. The highest BCUT2D eigenvalue weighted by atomic mass is 16.3. The van der Waals surface area contributed by atoms with Crippen LogP contribution in [0.3, 0.4) is 0 Å². The average Bonchev–Trinajstić information content (AvgIpc) is 2.79. The molecule has 1 aromatic carbocycles. The van der Waals surface area contributed by atoms with Gasteiger partial charge >= 0.3 is 0 Å². The number of fused-ring (bicyclic) bond motifs is 1. The third kappa shape index (κ3) is 1.85. The molecular formula is C16H17N3O. The van der Waals surface area contributed by atoms with E-state index in [4.69, 9.17) is 5.73 Å². The van der Waals surface area contributed by atoms with Gasteiger partial charge in [-0.3, -0.25) is 4.40 Å². The first-order chi connectivity index (χ1) is 9.61. The Balaban J connectivity index is 2.32. The van der Waals surface area contributed by atoms with Crippen LogP contribution in [-0.2, 0) is 6.61 Å². The number of nitrogens with two attached hydrogens (primary N) is 1. The number of nitrogen functional groups attached to an aromatic ring is 1. The molecular weight excluding hydrogens is 250 g/mol. The van der Waals surface area contributed by atoms with E-state index in [1.54, 1.807) is 0 Å². The highest BCUT2D eigenvalue weighted by Gasteiger charge is 2.15. The maximum absolute atomic E-state index is 9.41. The molecule has 0 spiro atoms. The van der Waals surface area contributed by atoms with E-state index in [-0.39, 0.29) is 6.61 Å². The number of nitrogens with zero attached hydrogens (tertiary/aromatic N) is 2. The second kappa shape index (κ2) is 4.65. The van der Waals surface area contributed by atoms with Gasteiger partial charge in [-0.15, -0.1) is 0 Å². The number of benzene rings is 1. The van der Waals surface area contributed by atoms with Crippen molar-refractivity contribution in [2.45, 2.75) is 20.5 Å².